The Labute approximate surface area is 163 Å². The molecule has 0 radical (unpaired) electrons. The minimum Gasteiger partial charge on any atom is -0.444 e. The predicted molar refractivity (Wildman–Crippen MR) is 104 cm³/mol. The van der Waals surface area contributed by atoms with Crippen molar-refractivity contribution in [2.24, 2.45) is 5.92 Å². The molecule has 4 atom stereocenters. The van der Waals surface area contributed by atoms with Crippen LogP contribution in [0.25, 0.3) is 0 Å². The first-order chi connectivity index (χ1) is 12.2. The van der Waals surface area contributed by atoms with Crippen LogP contribution in [0, 0.1) is 5.92 Å². The smallest absolute Gasteiger partial charge is 0.410 e. The molecule has 2 fully saturated rings. The van der Waals surface area contributed by atoms with Crippen molar-refractivity contribution in [3.63, 3.8) is 0 Å². The number of ether oxygens (including phenoxy) is 1. The Morgan fingerprint density at radius 1 is 1.31 bits per heavy atom. The summed E-state index contributed by atoms with van der Waals surface area (Å²) < 4.78 is 6.54. The molecule has 5 nitrogen and oxygen atoms in total. The normalized spacial score (nSPS) is 25.9. The molecule has 142 valence electrons. The summed E-state index contributed by atoms with van der Waals surface area (Å²) in [5.41, 5.74) is 0.534. The van der Waals surface area contributed by atoms with Crippen LogP contribution in [0.2, 0.25) is 0 Å². The third-order valence-corrected chi connectivity index (χ3v) is 5.68. The van der Waals surface area contributed by atoms with Gasteiger partial charge in [-0.3, -0.25) is 4.79 Å². The lowest BCUT2D eigenvalue weighted by Gasteiger charge is -2.28. The lowest BCUT2D eigenvalue weighted by atomic mass is 9.88. The van der Waals surface area contributed by atoms with E-state index in [9.17, 15) is 9.59 Å². The molecule has 1 N–H and O–H groups in total. The highest BCUT2D eigenvalue weighted by atomic mass is 79.9. The number of amides is 2. The van der Waals surface area contributed by atoms with Crippen molar-refractivity contribution in [2.45, 2.75) is 70.7 Å². The summed E-state index contributed by atoms with van der Waals surface area (Å²) in [6.45, 7) is 7.59. The van der Waals surface area contributed by atoms with E-state index in [-0.39, 0.29) is 36.0 Å². The second kappa shape index (κ2) is 7.22. The third kappa shape index (κ3) is 4.05. The number of carbonyl (C=O) groups is 2. The van der Waals surface area contributed by atoms with Gasteiger partial charge in [-0.1, -0.05) is 28.1 Å². The number of benzene rings is 1. The number of fused-ring (bicyclic) bond motifs is 2. The van der Waals surface area contributed by atoms with Gasteiger partial charge in [0.05, 0.1) is 12.0 Å². The fraction of sp³-hybridized carbons (Fsp3) is 0.600. The van der Waals surface area contributed by atoms with Gasteiger partial charge in [-0.2, -0.15) is 0 Å². The number of hydrogen-bond donors (Lipinski definition) is 1. The molecule has 1 aromatic rings. The van der Waals surface area contributed by atoms with Crippen LogP contribution in [-0.4, -0.2) is 34.6 Å². The monoisotopic (exact) mass is 422 g/mol. The number of halogens is 1. The quantitative estimate of drug-likeness (QED) is 0.784. The molecule has 2 bridgehead atoms. The number of rotatable bonds is 3. The topological polar surface area (TPSA) is 58.6 Å². The highest BCUT2D eigenvalue weighted by molar-refractivity contribution is 9.10. The molecule has 0 spiro atoms. The standard InChI is InChI=1S/C20H27BrN2O3/c1-12(13-6-5-7-14(21)10-13)22-18(24)16-11-15-8-9-17(16)23(15)19(25)26-20(2,3)4/h5-7,10,12,15-17H,8-9,11H2,1-4H3,(H,22,24)/t12-,15+,16-,17+/m0/s1. The lowest BCUT2D eigenvalue weighted by molar-refractivity contribution is -0.126. The maximum atomic E-state index is 12.9. The molecule has 2 aliphatic rings. The van der Waals surface area contributed by atoms with Gasteiger partial charge >= 0.3 is 6.09 Å². The van der Waals surface area contributed by atoms with E-state index < -0.39 is 5.60 Å². The maximum absolute atomic E-state index is 12.9. The molecular formula is C20H27BrN2O3. The molecule has 2 aliphatic heterocycles. The molecule has 6 heteroatoms. The molecule has 0 aromatic heterocycles. The molecule has 3 rings (SSSR count). The van der Waals surface area contributed by atoms with E-state index in [1.165, 1.54) is 0 Å². The number of carbonyl (C=O) groups excluding carboxylic acids is 2. The minimum absolute atomic E-state index is 0.0261. The van der Waals surface area contributed by atoms with E-state index in [1.807, 2.05) is 52.0 Å². The van der Waals surface area contributed by atoms with Crippen LogP contribution >= 0.6 is 15.9 Å². The van der Waals surface area contributed by atoms with Crippen molar-refractivity contribution in [1.82, 2.24) is 10.2 Å². The largest absolute Gasteiger partial charge is 0.444 e. The van der Waals surface area contributed by atoms with Gasteiger partial charge in [0.15, 0.2) is 0 Å². The van der Waals surface area contributed by atoms with Crippen LogP contribution in [0.5, 0.6) is 0 Å². The average molecular weight is 423 g/mol. The summed E-state index contributed by atoms with van der Waals surface area (Å²) >= 11 is 3.47. The summed E-state index contributed by atoms with van der Waals surface area (Å²) in [5.74, 6) is -0.130. The second-order valence-electron chi connectivity index (χ2n) is 8.31. The fourth-order valence-corrected chi connectivity index (χ4v) is 4.47. The van der Waals surface area contributed by atoms with E-state index in [2.05, 4.69) is 21.2 Å². The molecule has 2 heterocycles. The number of hydrogen-bond acceptors (Lipinski definition) is 3. The van der Waals surface area contributed by atoms with Crippen molar-refractivity contribution < 1.29 is 14.3 Å². The molecule has 0 aliphatic carbocycles. The van der Waals surface area contributed by atoms with E-state index in [0.29, 0.717) is 0 Å². The van der Waals surface area contributed by atoms with Gasteiger partial charge in [0.2, 0.25) is 5.91 Å². The highest BCUT2D eigenvalue weighted by Gasteiger charge is 2.52. The van der Waals surface area contributed by atoms with E-state index in [1.54, 1.807) is 4.90 Å². The van der Waals surface area contributed by atoms with Crippen molar-refractivity contribution in [1.29, 1.82) is 0 Å². The van der Waals surface area contributed by atoms with Crippen LogP contribution in [0.1, 0.15) is 58.6 Å². The van der Waals surface area contributed by atoms with E-state index in [0.717, 1.165) is 29.3 Å². The molecule has 2 saturated heterocycles. The average Bonchev–Trinajstić information content (AvgIpc) is 3.11. The molecule has 0 saturated carbocycles. The Balaban J connectivity index is 1.65. The minimum atomic E-state index is -0.522. The second-order valence-corrected chi connectivity index (χ2v) is 9.23. The maximum Gasteiger partial charge on any atom is 0.410 e. The van der Waals surface area contributed by atoms with E-state index >= 15 is 0 Å². The first kappa shape index (κ1) is 19.2. The van der Waals surface area contributed by atoms with Crippen LogP contribution in [-0.2, 0) is 9.53 Å². The fourth-order valence-electron chi connectivity index (χ4n) is 4.05. The molecule has 2 amide bonds. The van der Waals surface area contributed by atoms with Crippen molar-refractivity contribution in [2.75, 3.05) is 0 Å². The Morgan fingerprint density at radius 2 is 2.04 bits per heavy atom. The van der Waals surface area contributed by atoms with Gasteiger partial charge in [0.1, 0.15) is 5.60 Å². The van der Waals surface area contributed by atoms with Crippen LogP contribution < -0.4 is 5.32 Å². The van der Waals surface area contributed by atoms with Gasteiger partial charge < -0.3 is 15.0 Å². The number of nitrogens with zero attached hydrogens (tertiary/aromatic N) is 1. The molecular weight excluding hydrogens is 396 g/mol. The Morgan fingerprint density at radius 3 is 2.69 bits per heavy atom. The first-order valence-corrected chi connectivity index (χ1v) is 10.0. The first-order valence-electron chi connectivity index (χ1n) is 9.23. The lowest BCUT2D eigenvalue weighted by Crippen LogP contribution is -2.43. The van der Waals surface area contributed by atoms with Crippen LogP contribution in [0.15, 0.2) is 28.7 Å². The zero-order chi connectivity index (χ0) is 19.1. The van der Waals surface area contributed by atoms with E-state index in [4.69, 9.17) is 4.74 Å². The Kier molecular flexibility index (Phi) is 5.33. The van der Waals surface area contributed by atoms with Gasteiger partial charge in [0, 0.05) is 16.6 Å². The van der Waals surface area contributed by atoms with Gasteiger partial charge in [-0.15, -0.1) is 0 Å². The Bertz CT molecular complexity index is 701. The van der Waals surface area contributed by atoms with Crippen LogP contribution in [0.3, 0.4) is 0 Å². The molecule has 26 heavy (non-hydrogen) atoms. The SMILES string of the molecule is C[C@H](NC(=O)[C@H]1C[C@H]2CC[C@H]1N2C(=O)OC(C)(C)C)c1cccc(Br)c1. The van der Waals surface area contributed by atoms with Gasteiger partial charge in [0.25, 0.3) is 0 Å². The zero-order valence-corrected chi connectivity index (χ0v) is 17.4. The van der Waals surface area contributed by atoms with Gasteiger partial charge in [-0.25, -0.2) is 4.79 Å². The Hall–Kier alpha value is -1.56. The summed E-state index contributed by atoms with van der Waals surface area (Å²) in [4.78, 5) is 27.2. The highest BCUT2D eigenvalue weighted by Crippen LogP contribution is 2.42. The zero-order valence-electron chi connectivity index (χ0n) is 15.8. The van der Waals surface area contributed by atoms with Crippen molar-refractivity contribution in [3.8, 4) is 0 Å². The summed E-state index contributed by atoms with van der Waals surface area (Å²) in [6.07, 6.45) is 2.25. The summed E-state index contributed by atoms with van der Waals surface area (Å²) in [7, 11) is 0. The van der Waals surface area contributed by atoms with Gasteiger partial charge in [-0.05, 0) is 64.7 Å². The molecule has 1 aromatic carbocycles. The number of nitrogens with one attached hydrogen (secondary N) is 1. The summed E-state index contributed by atoms with van der Waals surface area (Å²) in [5, 5.41) is 3.12. The summed E-state index contributed by atoms with van der Waals surface area (Å²) in [6, 6.07) is 7.93. The van der Waals surface area contributed by atoms with Crippen molar-refractivity contribution >= 4 is 27.9 Å². The van der Waals surface area contributed by atoms with Crippen molar-refractivity contribution in [3.05, 3.63) is 34.3 Å². The molecule has 0 unspecified atom stereocenters. The predicted octanol–water partition coefficient (Wildman–Crippen LogP) is 4.41. The van der Waals surface area contributed by atoms with Crippen LogP contribution in [0.4, 0.5) is 4.79 Å². The third-order valence-electron chi connectivity index (χ3n) is 5.19.